The van der Waals surface area contributed by atoms with Crippen LogP contribution in [0.25, 0.3) is 5.69 Å². The highest BCUT2D eigenvalue weighted by Crippen LogP contribution is 2.33. The summed E-state index contributed by atoms with van der Waals surface area (Å²) in [6, 6.07) is 3.61. The molecule has 138 valence electrons. The van der Waals surface area contributed by atoms with E-state index in [2.05, 4.69) is 10.4 Å². The molecule has 0 spiro atoms. The van der Waals surface area contributed by atoms with Crippen LogP contribution in [0.4, 0.5) is 13.2 Å². The van der Waals surface area contributed by atoms with E-state index < -0.39 is 29.7 Å². The lowest BCUT2D eigenvalue weighted by Crippen LogP contribution is -2.42. The summed E-state index contributed by atoms with van der Waals surface area (Å²) in [5.41, 5.74) is -0.222. The van der Waals surface area contributed by atoms with Gasteiger partial charge in [-0.1, -0.05) is 6.07 Å². The third-order valence-corrected chi connectivity index (χ3v) is 4.32. The molecular formula is C17H16F3N3O3. The Morgan fingerprint density at radius 1 is 1.35 bits per heavy atom. The van der Waals surface area contributed by atoms with Crippen molar-refractivity contribution < 1.29 is 27.9 Å². The number of rotatable bonds is 5. The topological polar surface area (TPSA) is 84.2 Å². The van der Waals surface area contributed by atoms with Crippen LogP contribution in [-0.4, -0.2) is 32.8 Å². The second-order valence-corrected chi connectivity index (χ2v) is 6.23. The van der Waals surface area contributed by atoms with E-state index in [1.54, 1.807) is 0 Å². The third kappa shape index (κ3) is 3.56. The lowest BCUT2D eigenvalue weighted by molar-refractivity contribution is -0.140. The number of carboxylic acids is 1. The maximum atomic E-state index is 12.9. The fraction of sp³-hybridized carbons (Fsp3) is 0.353. The molecule has 1 fully saturated rings. The van der Waals surface area contributed by atoms with Crippen LogP contribution in [-0.2, 0) is 11.0 Å². The highest BCUT2D eigenvalue weighted by Gasteiger charge is 2.38. The second kappa shape index (κ2) is 6.47. The summed E-state index contributed by atoms with van der Waals surface area (Å²) >= 11 is 0. The Hall–Kier alpha value is -2.84. The maximum Gasteiger partial charge on any atom is 0.416 e. The summed E-state index contributed by atoms with van der Waals surface area (Å²) in [6.07, 6.45) is -1.80. The lowest BCUT2D eigenvalue weighted by atomic mass is 10.1. The number of alkyl halides is 3. The van der Waals surface area contributed by atoms with Crippen molar-refractivity contribution in [3.8, 4) is 5.69 Å². The van der Waals surface area contributed by atoms with Crippen LogP contribution < -0.4 is 5.32 Å². The Labute approximate surface area is 146 Å². The van der Waals surface area contributed by atoms with Crippen molar-refractivity contribution in [1.82, 2.24) is 15.1 Å². The van der Waals surface area contributed by atoms with E-state index in [4.69, 9.17) is 0 Å². The summed E-state index contributed by atoms with van der Waals surface area (Å²) in [4.78, 5) is 23.6. The molecule has 1 saturated carbocycles. The van der Waals surface area contributed by atoms with Crippen molar-refractivity contribution in [1.29, 1.82) is 0 Å². The first-order valence-electron chi connectivity index (χ1n) is 7.94. The fourth-order valence-electron chi connectivity index (χ4n) is 2.74. The average Bonchev–Trinajstić information content (AvgIpc) is 3.33. The number of benzene rings is 1. The SMILES string of the molecule is Cc1c(C(=O)NC(C(=O)O)C2CC2)cnn1-c1cccc(C(F)(F)F)c1. The van der Waals surface area contributed by atoms with Gasteiger partial charge in [0.2, 0.25) is 0 Å². The van der Waals surface area contributed by atoms with E-state index in [1.165, 1.54) is 29.9 Å². The van der Waals surface area contributed by atoms with Gasteiger partial charge in [-0.3, -0.25) is 4.79 Å². The molecule has 26 heavy (non-hydrogen) atoms. The van der Waals surface area contributed by atoms with E-state index in [1.807, 2.05) is 0 Å². The zero-order valence-corrected chi connectivity index (χ0v) is 13.7. The number of carbonyl (C=O) groups is 2. The van der Waals surface area contributed by atoms with Gasteiger partial charge in [-0.2, -0.15) is 18.3 Å². The molecule has 0 saturated heterocycles. The molecule has 0 radical (unpaired) electrons. The van der Waals surface area contributed by atoms with Gasteiger partial charge < -0.3 is 10.4 Å². The van der Waals surface area contributed by atoms with Gasteiger partial charge in [-0.05, 0) is 43.9 Å². The van der Waals surface area contributed by atoms with E-state index in [0.29, 0.717) is 5.69 Å². The molecule has 1 aromatic carbocycles. The van der Waals surface area contributed by atoms with Crippen molar-refractivity contribution in [2.75, 3.05) is 0 Å². The number of nitrogens with zero attached hydrogens (tertiary/aromatic N) is 2. The predicted octanol–water partition coefficient (Wildman–Crippen LogP) is 2.79. The molecule has 1 unspecified atom stereocenters. The fourth-order valence-corrected chi connectivity index (χ4v) is 2.74. The first-order valence-corrected chi connectivity index (χ1v) is 7.94. The van der Waals surface area contributed by atoms with Gasteiger partial charge >= 0.3 is 12.1 Å². The van der Waals surface area contributed by atoms with Crippen LogP contribution in [0.15, 0.2) is 30.5 Å². The number of amides is 1. The van der Waals surface area contributed by atoms with Gasteiger partial charge in [-0.25, -0.2) is 9.48 Å². The van der Waals surface area contributed by atoms with Gasteiger partial charge in [0, 0.05) is 0 Å². The number of hydrogen-bond acceptors (Lipinski definition) is 3. The highest BCUT2D eigenvalue weighted by atomic mass is 19.4. The standard InChI is InChI=1S/C17H16F3N3O3/c1-9-13(15(24)22-14(16(25)26)10-5-6-10)8-21-23(9)12-4-2-3-11(7-12)17(18,19)20/h2-4,7-8,10,14H,5-6H2,1H3,(H,22,24)(H,25,26). The molecule has 1 aliphatic rings. The van der Waals surface area contributed by atoms with E-state index >= 15 is 0 Å². The maximum absolute atomic E-state index is 12.9. The molecule has 6 nitrogen and oxygen atoms in total. The van der Waals surface area contributed by atoms with Crippen LogP contribution in [0.2, 0.25) is 0 Å². The van der Waals surface area contributed by atoms with Gasteiger partial charge in [0.25, 0.3) is 5.91 Å². The number of carboxylic acid groups (broad SMARTS) is 1. The molecule has 2 aromatic rings. The largest absolute Gasteiger partial charge is 0.480 e. The van der Waals surface area contributed by atoms with Crippen molar-refractivity contribution in [3.63, 3.8) is 0 Å². The molecule has 1 atom stereocenters. The summed E-state index contributed by atoms with van der Waals surface area (Å²) in [6.45, 7) is 1.54. The van der Waals surface area contributed by atoms with Crippen LogP contribution in [0.1, 0.15) is 34.5 Å². The molecule has 3 rings (SSSR count). The second-order valence-electron chi connectivity index (χ2n) is 6.23. The zero-order chi connectivity index (χ0) is 19.1. The summed E-state index contributed by atoms with van der Waals surface area (Å²) in [5, 5.41) is 15.6. The molecule has 1 amide bonds. The normalized spacial score (nSPS) is 15.5. The molecule has 1 aromatic heterocycles. The van der Waals surface area contributed by atoms with E-state index in [0.717, 1.165) is 25.0 Å². The minimum Gasteiger partial charge on any atom is -0.480 e. The number of aromatic nitrogens is 2. The smallest absolute Gasteiger partial charge is 0.416 e. The van der Waals surface area contributed by atoms with Gasteiger partial charge in [0.15, 0.2) is 0 Å². The summed E-state index contributed by atoms with van der Waals surface area (Å²) in [7, 11) is 0. The number of carbonyl (C=O) groups excluding carboxylic acids is 1. The molecular weight excluding hydrogens is 351 g/mol. The van der Waals surface area contributed by atoms with Gasteiger partial charge in [0.1, 0.15) is 6.04 Å². The molecule has 0 bridgehead atoms. The zero-order valence-electron chi connectivity index (χ0n) is 13.7. The Bertz CT molecular complexity index is 856. The molecule has 0 aliphatic heterocycles. The summed E-state index contributed by atoms with van der Waals surface area (Å²) in [5.74, 6) is -1.81. The molecule has 1 heterocycles. The van der Waals surface area contributed by atoms with Gasteiger partial charge in [-0.15, -0.1) is 0 Å². The number of aliphatic carboxylic acids is 1. The van der Waals surface area contributed by atoms with E-state index in [-0.39, 0.29) is 17.2 Å². The molecule has 1 aliphatic carbocycles. The van der Waals surface area contributed by atoms with Crippen molar-refractivity contribution in [3.05, 3.63) is 47.3 Å². The minimum atomic E-state index is -4.49. The Morgan fingerprint density at radius 2 is 2.04 bits per heavy atom. The van der Waals surface area contributed by atoms with Gasteiger partial charge in [0.05, 0.1) is 28.7 Å². The van der Waals surface area contributed by atoms with Crippen LogP contribution in [0.3, 0.4) is 0 Å². The third-order valence-electron chi connectivity index (χ3n) is 4.32. The monoisotopic (exact) mass is 367 g/mol. The minimum absolute atomic E-state index is 0.0877. The molecule has 2 N–H and O–H groups in total. The number of halogens is 3. The Morgan fingerprint density at radius 3 is 2.62 bits per heavy atom. The lowest BCUT2D eigenvalue weighted by Gasteiger charge is -2.13. The highest BCUT2D eigenvalue weighted by molar-refractivity contribution is 5.97. The van der Waals surface area contributed by atoms with Crippen LogP contribution >= 0.6 is 0 Å². The number of hydrogen-bond donors (Lipinski definition) is 2. The van der Waals surface area contributed by atoms with Crippen molar-refractivity contribution >= 4 is 11.9 Å². The average molecular weight is 367 g/mol. The first kappa shape index (κ1) is 18.0. The Kier molecular flexibility index (Phi) is 4.47. The quantitative estimate of drug-likeness (QED) is 0.851. The number of nitrogens with one attached hydrogen (secondary N) is 1. The van der Waals surface area contributed by atoms with Crippen molar-refractivity contribution in [2.24, 2.45) is 5.92 Å². The first-order chi connectivity index (χ1) is 12.2. The van der Waals surface area contributed by atoms with Crippen LogP contribution in [0.5, 0.6) is 0 Å². The van der Waals surface area contributed by atoms with E-state index in [9.17, 15) is 27.9 Å². The van der Waals surface area contributed by atoms with Crippen LogP contribution in [0, 0.1) is 12.8 Å². The predicted molar refractivity (Wildman–Crippen MR) is 84.9 cm³/mol. The summed E-state index contributed by atoms with van der Waals surface area (Å²) < 4.78 is 39.8. The van der Waals surface area contributed by atoms with Crippen molar-refractivity contribution in [2.45, 2.75) is 32.0 Å². The Balaban J connectivity index is 1.86. The molecule has 9 heteroatoms.